The predicted octanol–water partition coefficient (Wildman–Crippen LogP) is 4.39. The van der Waals surface area contributed by atoms with Gasteiger partial charge in [-0.2, -0.15) is 0 Å². The lowest BCUT2D eigenvalue weighted by atomic mass is 10.2. The van der Waals surface area contributed by atoms with Crippen LogP contribution in [0.25, 0.3) is 11.4 Å². The summed E-state index contributed by atoms with van der Waals surface area (Å²) >= 11 is 1.47. The van der Waals surface area contributed by atoms with Gasteiger partial charge >= 0.3 is 0 Å². The smallest absolute Gasteiger partial charge is 0.233 e. The van der Waals surface area contributed by atoms with Gasteiger partial charge in [-0.3, -0.25) is 9.36 Å². The molecule has 4 rings (SSSR count). The van der Waals surface area contributed by atoms with Gasteiger partial charge in [0.05, 0.1) is 24.1 Å². The largest absolute Gasteiger partial charge is 0.469 e. The summed E-state index contributed by atoms with van der Waals surface area (Å²) < 4.78 is 7.55. The van der Waals surface area contributed by atoms with Gasteiger partial charge in [-0.05, 0) is 31.4 Å². The Kier molecular flexibility index (Phi) is 6.34. The SMILES string of the molecule is Cc1occc1-c1nnc(SCC(=O)N2CCCCCC2)n1Cc1ccccc1. The van der Waals surface area contributed by atoms with Crippen molar-refractivity contribution in [1.82, 2.24) is 19.7 Å². The molecule has 1 fully saturated rings. The first kappa shape index (κ1) is 19.8. The average molecular weight is 411 g/mol. The predicted molar refractivity (Wildman–Crippen MR) is 114 cm³/mol. The molecule has 6 nitrogen and oxygen atoms in total. The lowest BCUT2D eigenvalue weighted by Crippen LogP contribution is -2.33. The zero-order valence-corrected chi connectivity index (χ0v) is 17.5. The minimum Gasteiger partial charge on any atom is -0.469 e. The van der Waals surface area contributed by atoms with Crippen molar-refractivity contribution >= 4 is 17.7 Å². The highest BCUT2D eigenvalue weighted by molar-refractivity contribution is 7.99. The van der Waals surface area contributed by atoms with Gasteiger partial charge in [-0.15, -0.1) is 10.2 Å². The number of thioether (sulfide) groups is 1. The molecule has 0 atom stereocenters. The van der Waals surface area contributed by atoms with Crippen LogP contribution >= 0.6 is 11.8 Å². The number of benzene rings is 1. The Bertz CT molecular complexity index is 943. The molecule has 3 heterocycles. The number of amides is 1. The van der Waals surface area contributed by atoms with Crippen LogP contribution in [0.5, 0.6) is 0 Å². The Hall–Kier alpha value is -2.54. The number of hydrogen-bond donors (Lipinski definition) is 0. The average Bonchev–Trinajstić information content (AvgIpc) is 3.21. The van der Waals surface area contributed by atoms with Crippen molar-refractivity contribution in [3.8, 4) is 11.4 Å². The molecule has 0 unspecified atom stereocenters. The first-order valence-electron chi connectivity index (χ1n) is 10.1. The van der Waals surface area contributed by atoms with Crippen LogP contribution in [-0.4, -0.2) is 44.4 Å². The summed E-state index contributed by atoms with van der Waals surface area (Å²) in [6.45, 7) is 4.31. The molecule has 1 aliphatic heterocycles. The van der Waals surface area contributed by atoms with Crippen LogP contribution in [0.2, 0.25) is 0 Å². The number of nitrogens with zero attached hydrogens (tertiary/aromatic N) is 4. The standard InChI is InChI=1S/C22H26N4O2S/c1-17-19(11-14-28-17)21-23-24-22(26(21)15-18-9-5-4-6-10-18)29-16-20(27)25-12-7-2-3-8-13-25/h4-6,9-11,14H,2-3,7-8,12-13,15-16H2,1H3. The van der Waals surface area contributed by atoms with E-state index in [0.717, 1.165) is 53.8 Å². The second-order valence-electron chi connectivity index (χ2n) is 7.35. The van der Waals surface area contributed by atoms with Gasteiger partial charge in [0, 0.05) is 13.1 Å². The summed E-state index contributed by atoms with van der Waals surface area (Å²) in [5, 5.41) is 9.59. The number of furan rings is 1. The number of likely N-dealkylation sites (tertiary alicyclic amines) is 1. The molecule has 7 heteroatoms. The Morgan fingerprint density at radius 3 is 2.52 bits per heavy atom. The van der Waals surface area contributed by atoms with E-state index in [1.165, 1.54) is 24.6 Å². The third-order valence-corrected chi connectivity index (χ3v) is 6.24. The number of carbonyl (C=O) groups excluding carboxylic acids is 1. The fourth-order valence-electron chi connectivity index (χ4n) is 3.66. The highest BCUT2D eigenvalue weighted by Crippen LogP contribution is 2.28. The molecule has 1 saturated heterocycles. The molecule has 2 aromatic heterocycles. The Morgan fingerprint density at radius 1 is 1.07 bits per heavy atom. The monoisotopic (exact) mass is 410 g/mol. The molecule has 3 aromatic rings. The van der Waals surface area contributed by atoms with E-state index in [9.17, 15) is 4.79 Å². The number of carbonyl (C=O) groups is 1. The van der Waals surface area contributed by atoms with Crippen molar-refractivity contribution in [2.75, 3.05) is 18.8 Å². The molecule has 152 valence electrons. The molecule has 0 bridgehead atoms. The van der Waals surface area contributed by atoms with Crippen molar-refractivity contribution in [2.45, 2.75) is 44.3 Å². The second-order valence-corrected chi connectivity index (χ2v) is 8.29. The van der Waals surface area contributed by atoms with Crippen LogP contribution in [0.3, 0.4) is 0 Å². The minimum atomic E-state index is 0.187. The number of aryl methyl sites for hydroxylation is 1. The molecule has 0 N–H and O–H groups in total. The third kappa shape index (κ3) is 4.72. The third-order valence-electron chi connectivity index (χ3n) is 5.28. The van der Waals surface area contributed by atoms with Crippen LogP contribution in [0, 0.1) is 6.92 Å². The van der Waals surface area contributed by atoms with Crippen LogP contribution in [-0.2, 0) is 11.3 Å². The van der Waals surface area contributed by atoms with Gasteiger partial charge in [0.2, 0.25) is 5.91 Å². The highest BCUT2D eigenvalue weighted by atomic mass is 32.2. The summed E-state index contributed by atoms with van der Waals surface area (Å²) in [4.78, 5) is 14.7. The Labute approximate surface area is 175 Å². The second kappa shape index (κ2) is 9.31. The fourth-order valence-corrected chi connectivity index (χ4v) is 4.50. The van der Waals surface area contributed by atoms with Gasteiger partial charge in [0.15, 0.2) is 11.0 Å². The molecule has 0 radical (unpaired) electrons. The molecule has 0 spiro atoms. The van der Waals surface area contributed by atoms with Gasteiger partial charge in [-0.25, -0.2) is 0 Å². The maximum Gasteiger partial charge on any atom is 0.233 e. The maximum atomic E-state index is 12.7. The summed E-state index contributed by atoms with van der Waals surface area (Å²) in [6, 6.07) is 12.1. The van der Waals surface area contributed by atoms with Crippen LogP contribution in [0.4, 0.5) is 0 Å². The Balaban J connectivity index is 1.55. The molecule has 0 aliphatic carbocycles. The summed E-state index contributed by atoms with van der Waals surface area (Å²) in [7, 11) is 0. The van der Waals surface area contributed by atoms with Crippen molar-refractivity contribution in [3.05, 3.63) is 54.0 Å². The number of hydrogen-bond acceptors (Lipinski definition) is 5. The Morgan fingerprint density at radius 2 is 1.83 bits per heavy atom. The van der Waals surface area contributed by atoms with Gasteiger partial charge in [0.1, 0.15) is 5.76 Å². The molecule has 0 saturated carbocycles. The molecule has 1 aliphatic rings. The molecular formula is C22H26N4O2S. The lowest BCUT2D eigenvalue weighted by molar-refractivity contribution is -0.128. The normalized spacial score (nSPS) is 14.7. The first-order valence-corrected chi connectivity index (χ1v) is 11.1. The van der Waals surface area contributed by atoms with E-state index in [2.05, 4.69) is 26.9 Å². The van der Waals surface area contributed by atoms with Crippen molar-refractivity contribution in [1.29, 1.82) is 0 Å². The van der Waals surface area contributed by atoms with E-state index < -0.39 is 0 Å². The van der Waals surface area contributed by atoms with Crippen LogP contribution in [0.15, 0.2) is 52.2 Å². The van der Waals surface area contributed by atoms with E-state index in [1.807, 2.05) is 36.1 Å². The lowest BCUT2D eigenvalue weighted by Gasteiger charge is -2.20. The van der Waals surface area contributed by atoms with Crippen molar-refractivity contribution in [2.24, 2.45) is 0 Å². The highest BCUT2D eigenvalue weighted by Gasteiger charge is 2.21. The number of rotatable bonds is 6. The summed E-state index contributed by atoms with van der Waals surface area (Å²) in [6.07, 6.45) is 6.31. The van der Waals surface area contributed by atoms with E-state index >= 15 is 0 Å². The zero-order chi connectivity index (χ0) is 20.1. The number of aromatic nitrogens is 3. The van der Waals surface area contributed by atoms with Crippen molar-refractivity contribution in [3.63, 3.8) is 0 Å². The van der Waals surface area contributed by atoms with Crippen LogP contribution in [0.1, 0.15) is 37.0 Å². The molecular weight excluding hydrogens is 384 g/mol. The zero-order valence-electron chi connectivity index (χ0n) is 16.7. The van der Waals surface area contributed by atoms with E-state index in [-0.39, 0.29) is 5.91 Å². The quantitative estimate of drug-likeness (QED) is 0.564. The first-order chi connectivity index (χ1) is 14.2. The van der Waals surface area contributed by atoms with Crippen molar-refractivity contribution < 1.29 is 9.21 Å². The molecule has 29 heavy (non-hydrogen) atoms. The maximum absolute atomic E-state index is 12.7. The summed E-state index contributed by atoms with van der Waals surface area (Å²) in [5.74, 6) is 2.15. The van der Waals surface area contributed by atoms with Crippen LogP contribution < -0.4 is 0 Å². The summed E-state index contributed by atoms with van der Waals surface area (Å²) in [5.41, 5.74) is 2.09. The molecule has 1 aromatic carbocycles. The molecule has 1 amide bonds. The van der Waals surface area contributed by atoms with Gasteiger partial charge in [-0.1, -0.05) is 54.9 Å². The topological polar surface area (TPSA) is 64.2 Å². The van der Waals surface area contributed by atoms with E-state index in [1.54, 1.807) is 6.26 Å². The minimum absolute atomic E-state index is 0.187. The van der Waals surface area contributed by atoms with Gasteiger partial charge in [0.25, 0.3) is 0 Å². The van der Waals surface area contributed by atoms with E-state index in [4.69, 9.17) is 4.42 Å². The fraction of sp³-hybridized carbons (Fsp3) is 0.409. The van der Waals surface area contributed by atoms with E-state index in [0.29, 0.717) is 12.3 Å². The van der Waals surface area contributed by atoms with Gasteiger partial charge < -0.3 is 9.32 Å².